The lowest BCUT2D eigenvalue weighted by atomic mass is 9.95. The normalized spacial score (nSPS) is 14.6. The van der Waals surface area contributed by atoms with Crippen LogP contribution >= 0.6 is 0 Å². The Hall–Kier alpha value is -3.41. The monoisotopic (exact) mass is 388 g/mol. The predicted molar refractivity (Wildman–Crippen MR) is 112 cm³/mol. The highest BCUT2D eigenvalue weighted by molar-refractivity contribution is 5.92. The van der Waals surface area contributed by atoms with E-state index in [4.69, 9.17) is 0 Å². The molecule has 1 aromatic heterocycles. The van der Waals surface area contributed by atoms with E-state index < -0.39 is 0 Å². The van der Waals surface area contributed by atoms with Crippen molar-refractivity contribution in [3.63, 3.8) is 0 Å². The van der Waals surface area contributed by atoms with Crippen molar-refractivity contribution in [2.24, 2.45) is 5.92 Å². The van der Waals surface area contributed by atoms with E-state index in [0.717, 1.165) is 16.9 Å². The summed E-state index contributed by atoms with van der Waals surface area (Å²) in [6.07, 6.45) is 5.39. The summed E-state index contributed by atoms with van der Waals surface area (Å²) in [4.78, 5) is 27.0. The van der Waals surface area contributed by atoms with E-state index in [1.54, 1.807) is 10.9 Å². The fourth-order valence-electron chi connectivity index (χ4n) is 3.63. The first-order chi connectivity index (χ1) is 14.2. The van der Waals surface area contributed by atoms with Crippen LogP contribution in [-0.2, 0) is 16.0 Å². The number of carbonyl (C=O) groups is 2. The van der Waals surface area contributed by atoms with Gasteiger partial charge in [-0.05, 0) is 48.7 Å². The molecule has 4 rings (SSSR count). The molecule has 3 aromatic rings. The lowest BCUT2D eigenvalue weighted by Crippen LogP contribution is -2.42. The number of nitrogens with one attached hydrogen (secondary N) is 1. The molecule has 2 aromatic carbocycles. The zero-order chi connectivity index (χ0) is 20.1. The molecule has 0 spiro atoms. The third-order valence-electron chi connectivity index (χ3n) is 5.32. The van der Waals surface area contributed by atoms with Crippen LogP contribution in [0.15, 0.2) is 73.1 Å². The van der Waals surface area contributed by atoms with E-state index in [1.165, 1.54) is 0 Å². The van der Waals surface area contributed by atoms with Crippen LogP contribution in [-0.4, -0.2) is 39.6 Å². The van der Waals surface area contributed by atoms with Crippen molar-refractivity contribution < 1.29 is 9.59 Å². The molecular formula is C23H24N4O2. The fourth-order valence-corrected chi connectivity index (χ4v) is 3.63. The highest BCUT2D eigenvalue weighted by Gasteiger charge is 2.27. The van der Waals surface area contributed by atoms with Crippen molar-refractivity contribution >= 4 is 17.5 Å². The first kappa shape index (κ1) is 18.9. The van der Waals surface area contributed by atoms with Crippen LogP contribution in [0.25, 0.3) is 5.69 Å². The van der Waals surface area contributed by atoms with Crippen molar-refractivity contribution in [1.82, 2.24) is 14.7 Å². The standard InChI is InChI=1S/C23H24N4O2/c28-22(17-18-7-9-21(10-8-18)27-14-4-13-24-27)26-15-11-19(12-16-26)23(29)25-20-5-2-1-3-6-20/h1-10,13-14,19H,11-12,15-17H2,(H,25,29). The van der Waals surface area contributed by atoms with Gasteiger partial charge in [-0.3, -0.25) is 9.59 Å². The topological polar surface area (TPSA) is 67.2 Å². The van der Waals surface area contributed by atoms with E-state index in [-0.39, 0.29) is 17.7 Å². The lowest BCUT2D eigenvalue weighted by molar-refractivity contribution is -0.133. The Morgan fingerprint density at radius 1 is 0.966 bits per heavy atom. The molecule has 2 amide bonds. The number of amides is 2. The van der Waals surface area contributed by atoms with E-state index in [2.05, 4.69) is 10.4 Å². The molecule has 1 N–H and O–H groups in total. The zero-order valence-corrected chi connectivity index (χ0v) is 16.2. The number of piperidine rings is 1. The van der Waals surface area contributed by atoms with Gasteiger partial charge in [0.25, 0.3) is 0 Å². The van der Waals surface area contributed by atoms with E-state index in [0.29, 0.717) is 32.4 Å². The number of nitrogens with zero attached hydrogens (tertiary/aromatic N) is 3. The summed E-state index contributed by atoms with van der Waals surface area (Å²) in [5.41, 5.74) is 2.76. The number of aromatic nitrogens is 2. The molecule has 0 aliphatic carbocycles. The molecular weight excluding hydrogens is 364 g/mol. The highest BCUT2D eigenvalue weighted by atomic mass is 16.2. The summed E-state index contributed by atoms with van der Waals surface area (Å²) < 4.78 is 1.79. The molecule has 1 fully saturated rings. The number of likely N-dealkylation sites (tertiary alicyclic amines) is 1. The third-order valence-corrected chi connectivity index (χ3v) is 5.32. The average molecular weight is 388 g/mol. The Morgan fingerprint density at radius 2 is 1.69 bits per heavy atom. The van der Waals surface area contributed by atoms with Crippen molar-refractivity contribution in [3.05, 3.63) is 78.6 Å². The minimum Gasteiger partial charge on any atom is -0.342 e. The van der Waals surface area contributed by atoms with Gasteiger partial charge >= 0.3 is 0 Å². The largest absolute Gasteiger partial charge is 0.342 e. The van der Waals surface area contributed by atoms with Crippen LogP contribution in [0.3, 0.4) is 0 Å². The van der Waals surface area contributed by atoms with Crippen LogP contribution in [0.2, 0.25) is 0 Å². The van der Waals surface area contributed by atoms with Gasteiger partial charge in [0.15, 0.2) is 0 Å². The van der Waals surface area contributed by atoms with E-state index in [9.17, 15) is 9.59 Å². The summed E-state index contributed by atoms with van der Waals surface area (Å²) in [6.45, 7) is 1.24. The molecule has 1 saturated heterocycles. The first-order valence-corrected chi connectivity index (χ1v) is 9.92. The van der Waals surface area contributed by atoms with E-state index >= 15 is 0 Å². The van der Waals surface area contributed by atoms with Crippen molar-refractivity contribution in [1.29, 1.82) is 0 Å². The number of anilines is 1. The smallest absolute Gasteiger partial charge is 0.227 e. The number of rotatable bonds is 5. The second-order valence-corrected chi connectivity index (χ2v) is 7.30. The lowest BCUT2D eigenvalue weighted by Gasteiger charge is -2.31. The van der Waals surface area contributed by atoms with Gasteiger partial charge in [-0.15, -0.1) is 0 Å². The van der Waals surface area contributed by atoms with Crippen LogP contribution in [0, 0.1) is 5.92 Å². The molecule has 29 heavy (non-hydrogen) atoms. The second kappa shape index (κ2) is 8.73. The van der Waals surface area contributed by atoms with Gasteiger partial charge in [0.2, 0.25) is 11.8 Å². The Morgan fingerprint density at radius 3 is 2.34 bits per heavy atom. The zero-order valence-electron chi connectivity index (χ0n) is 16.2. The van der Waals surface area contributed by atoms with Gasteiger partial charge < -0.3 is 10.2 Å². The maximum Gasteiger partial charge on any atom is 0.227 e. The Balaban J connectivity index is 1.27. The molecule has 2 heterocycles. The molecule has 1 aliphatic rings. The maximum absolute atomic E-state index is 12.7. The molecule has 0 unspecified atom stereocenters. The summed E-state index contributed by atoms with van der Waals surface area (Å²) in [5.74, 6) is 0.101. The molecule has 0 atom stereocenters. The number of para-hydroxylation sites is 1. The number of benzene rings is 2. The number of hydrogen-bond donors (Lipinski definition) is 1. The summed E-state index contributed by atoms with van der Waals surface area (Å²) in [5, 5.41) is 7.17. The SMILES string of the molecule is O=C(Nc1ccccc1)C1CCN(C(=O)Cc2ccc(-n3cccn3)cc2)CC1. The van der Waals surface area contributed by atoms with Crippen molar-refractivity contribution in [2.45, 2.75) is 19.3 Å². The van der Waals surface area contributed by atoms with Crippen LogP contribution < -0.4 is 5.32 Å². The first-order valence-electron chi connectivity index (χ1n) is 9.92. The van der Waals surface area contributed by atoms with E-state index in [1.807, 2.05) is 71.8 Å². The summed E-state index contributed by atoms with van der Waals surface area (Å²) in [7, 11) is 0. The fraction of sp³-hybridized carbons (Fsp3) is 0.261. The van der Waals surface area contributed by atoms with Crippen LogP contribution in [0.1, 0.15) is 18.4 Å². The molecule has 0 radical (unpaired) electrons. The molecule has 0 saturated carbocycles. The Bertz CT molecular complexity index is 944. The maximum atomic E-state index is 12.7. The molecule has 1 aliphatic heterocycles. The van der Waals surface area contributed by atoms with Gasteiger partial charge in [0.1, 0.15) is 0 Å². The van der Waals surface area contributed by atoms with Crippen molar-refractivity contribution in [3.8, 4) is 5.69 Å². The summed E-state index contributed by atoms with van der Waals surface area (Å²) in [6, 6.07) is 19.2. The molecule has 148 valence electrons. The molecule has 6 heteroatoms. The van der Waals surface area contributed by atoms with Crippen molar-refractivity contribution in [2.75, 3.05) is 18.4 Å². The van der Waals surface area contributed by atoms with Crippen LogP contribution in [0.4, 0.5) is 5.69 Å². The molecule has 0 bridgehead atoms. The predicted octanol–water partition coefficient (Wildman–Crippen LogP) is 3.29. The van der Waals surface area contributed by atoms with Gasteiger partial charge in [0, 0.05) is 37.1 Å². The average Bonchev–Trinajstić information content (AvgIpc) is 3.30. The summed E-state index contributed by atoms with van der Waals surface area (Å²) >= 11 is 0. The van der Waals surface area contributed by atoms with Gasteiger partial charge in [0.05, 0.1) is 12.1 Å². The third kappa shape index (κ3) is 4.71. The minimum atomic E-state index is -0.0485. The quantitative estimate of drug-likeness (QED) is 0.729. The Labute approximate surface area is 170 Å². The number of hydrogen-bond acceptors (Lipinski definition) is 3. The second-order valence-electron chi connectivity index (χ2n) is 7.30. The van der Waals surface area contributed by atoms with Gasteiger partial charge in [-0.1, -0.05) is 30.3 Å². The number of carbonyl (C=O) groups excluding carboxylic acids is 2. The van der Waals surface area contributed by atoms with Crippen LogP contribution in [0.5, 0.6) is 0 Å². The minimum absolute atomic E-state index is 0.0394. The Kier molecular flexibility index (Phi) is 5.70. The highest BCUT2D eigenvalue weighted by Crippen LogP contribution is 2.20. The van der Waals surface area contributed by atoms with Gasteiger partial charge in [-0.2, -0.15) is 5.10 Å². The molecule has 6 nitrogen and oxygen atoms in total. The van der Waals surface area contributed by atoms with Gasteiger partial charge in [-0.25, -0.2) is 4.68 Å².